The molecular weight excluding hydrogens is 476 g/mol. The van der Waals surface area contributed by atoms with Gasteiger partial charge in [-0.05, 0) is 55.7 Å². The molecule has 4 aromatic rings. The number of fused-ring (bicyclic) bond motifs is 2. The Hall–Kier alpha value is -3.92. The first-order valence-corrected chi connectivity index (χ1v) is 12.7. The number of carbonyl (C=O) groups is 3. The maximum Gasteiger partial charge on any atom is 0.265 e. The standard InChI is InChI=1S/C26H28N6O3S/c1-4-20(29-24(33)16-5-6-21-17(10-16)12-27-30-21)26(35)32-8-7-22-18(13-32)11-23(36-22)25(34)28-19-9-15(2)31(3)14-19/h5-6,9-12,14,20H,4,7-8,13H2,1-3H3,(H,27,30)(H,28,34)(H,29,33)/t20-/m1/s1. The number of amides is 3. The molecule has 36 heavy (non-hydrogen) atoms. The second-order valence-corrected chi connectivity index (χ2v) is 10.2. The summed E-state index contributed by atoms with van der Waals surface area (Å²) in [5, 5.41) is 13.5. The van der Waals surface area contributed by atoms with Gasteiger partial charge in [0, 0.05) is 47.9 Å². The minimum atomic E-state index is -0.623. The molecule has 1 atom stereocenters. The van der Waals surface area contributed by atoms with E-state index in [0.717, 1.165) is 32.7 Å². The van der Waals surface area contributed by atoms with Crippen molar-refractivity contribution in [3.63, 3.8) is 0 Å². The number of aromatic amines is 1. The van der Waals surface area contributed by atoms with E-state index in [2.05, 4.69) is 20.8 Å². The molecule has 0 spiro atoms. The summed E-state index contributed by atoms with van der Waals surface area (Å²) < 4.78 is 1.96. The van der Waals surface area contributed by atoms with Crippen LogP contribution in [0, 0.1) is 6.92 Å². The molecule has 10 heteroatoms. The summed E-state index contributed by atoms with van der Waals surface area (Å²) in [5.41, 5.74) is 4.14. The average molecular weight is 505 g/mol. The van der Waals surface area contributed by atoms with E-state index in [1.165, 1.54) is 11.3 Å². The van der Waals surface area contributed by atoms with Crippen LogP contribution in [0.25, 0.3) is 10.9 Å². The molecule has 3 aromatic heterocycles. The first-order valence-electron chi connectivity index (χ1n) is 11.9. The molecule has 3 amide bonds. The SMILES string of the molecule is CC[C@@H](NC(=O)c1ccc2[nH]ncc2c1)C(=O)N1CCc2sc(C(=O)Nc3cc(C)n(C)c3)cc2C1. The van der Waals surface area contributed by atoms with Crippen molar-refractivity contribution in [2.75, 3.05) is 11.9 Å². The molecule has 1 aromatic carbocycles. The number of aryl methyl sites for hydroxylation is 2. The number of nitrogens with one attached hydrogen (secondary N) is 3. The van der Waals surface area contributed by atoms with E-state index in [9.17, 15) is 14.4 Å². The first-order chi connectivity index (χ1) is 17.3. The van der Waals surface area contributed by atoms with Gasteiger partial charge in [0.2, 0.25) is 5.91 Å². The van der Waals surface area contributed by atoms with Gasteiger partial charge < -0.3 is 20.1 Å². The molecule has 0 bridgehead atoms. The summed E-state index contributed by atoms with van der Waals surface area (Å²) in [6.07, 6.45) is 4.71. The van der Waals surface area contributed by atoms with Crippen LogP contribution in [-0.2, 0) is 24.8 Å². The number of thiophene rings is 1. The monoisotopic (exact) mass is 504 g/mol. The van der Waals surface area contributed by atoms with E-state index in [0.29, 0.717) is 36.4 Å². The highest BCUT2D eigenvalue weighted by Gasteiger charge is 2.29. The minimum Gasteiger partial charge on any atom is -0.353 e. The van der Waals surface area contributed by atoms with Crippen LogP contribution < -0.4 is 10.6 Å². The molecule has 1 aliphatic heterocycles. The van der Waals surface area contributed by atoms with Gasteiger partial charge >= 0.3 is 0 Å². The number of hydrogen-bond acceptors (Lipinski definition) is 5. The number of carbonyl (C=O) groups excluding carboxylic acids is 3. The van der Waals surface area contributed by atoms with Gasteiger partial charge in [0.25, 0.3) is 11.8 Å². The number of benzene rings is 1. The van der Waals surface area contributed by atoms with Crippen molar-refractivity contribution in [2.24, 2.45) is 7.05 Å². The molecular formula is C26H28N6O3S. The number of hydrogen-bond donors (Lipinski definition) is 3. The van der Waals surface area contributed by atoms with Crippen molar-refractivity contribution in [2.45, 2.75) is 39.3 Å². The van der Waals surface area contributed by atoms with Gasteiger partial charge in [-0.2, -0.15) is 5.10 Å². The molecule has 0 fully saturated rings. The van der Waals surface area contributed by atoms with Gasteiger partial charge in [0.05, 0.1) is 22.3 Å². The third-order valence-electron chi connectivity index (χ3n) is 6.63. The van der Waals surface area contributed by atoms with Gasteiger partial charge in [0.15, 0.2) is 0 Å². The Morgan fingerprint density at radius 3 is 2.78 bits per heavy atom. The molecule has 5 rings (SSSR count). The van der Waals surface area contributed by atoms with Crippen molar-refractivity contribution in [1.29, 1.82) is 0 Å². The summed E-state index contributed by atoms with van der Waals surface area (Å²) in [4.78, 5) is 42.5. The molecule has 1 aliphatic rings. The fourth-order valence-electron chi connectivity index (χ4n) is 4.45. The van der Waals surface area contributed by atoms with Crippen molar-refractivity contribution < 1.29 is 14.4 Å². The van der Waals surface area contributed by atoms with Crippen LogP contribution in [0.3, 0.4) is 0 Å². The zero-order valence-electron chi connectivity index (χ0n) is 20.4. The lowest BCUT2D eigenvalue weighted by Gasteiger charge is -2.30. The maximum atomic E-state index is 13.3. The van der Waals surface area contributed by atoms with E-state index in [4.69, 9.17) is 0 Å². The Labute approximate surface area is 212 Å². The molecule has 0 radical (unpaired) electrons. The summed E-state index contributed by atoms with van der Waals surface area (Å²) in [6, 6.07) is 8.46. The Kier molecular flexibility index (Phi) is 6.36. The summed E-state index contributed by atoms with van der Waals surface area (Å²) >= 11 is 1.48. The lowest BCUT2D eigenvalue weighted by atomic mass is 10.1. The normalized spacial score (nSPS) is 13.9. The minimum absolute atomic E-state index is 0.113. The van der Waals surface area contributed by atoms with Crippen molar-refractivity contribution in [3.05, 3.63) is 69.3 Å². The first kappa shape index (κ1) is 23.8. The van der Waals surface area contributed by atoms with Crippen molar-refractivity contribution >= 4 is 45.6 Å². The smallest absolute Gasteiger partial charge is 0.265 e. The van der Waals surface area contributed by atoms with E-state index >= 15 is 0 Å². The Balaban J connectivity index is 1.24. The molecule has 3 N–H and O–H groups in total. The van der Waals surface area contributed by atoms with E-state index in [1.54, 1.807) is 29.3 Å². The summed E-state index contributed by atoms with van der Waals surface area (Å²) in [6.45, 7) is 4.85. The number of nitrogens with zero attached hydrogens (tertiary/aromatic N) is 3. The Bertz CT molecular complexity index is 1450. The lowest BCUT2D eigenvalue weighted by Crippen LogP contribution is -2.49. The van der Waals surface area contributed by atoms with Crippen LogP contribution in [0.1, 0.15) is 49.5 Å². The third-order valence-corrected chi connectivity index (χ3v) is 7.86. The molecule has 0 saturated carbocycles. The second kappa shape index (κ2) is 9.62. The Morgan fingerprint density at radius 1 is 1.19 bits per heavy atom. The molecule has 0 unspecified atom stereocenters. The quantitative estimate of drug-likeness (QED) is 0.372. The van der Waals surface area contributed by atoms with Crippen LogP contribution in [0.15, 0.2) is 42.7 Å². The van der Waals surface area contributed by atoms with Gasteiger partial charge in [-0.1, -0.05) is 6.92 Å². The number of aromatic nitrogens is 3. The predicted molar refractivity (Wildman–Crippen MR) is 139 cm³/mol. The largest absolute Gasteiger partial charge is 0.353 e. The molecule has 0 saturated heterocycles. The molecule has 0 aliphatic carbocycles. The second-order valence-electron chi connectivity index (χ2n) is 9.11. The van der Waals surface area contributed by atoms with Gasteiger partial charge in [-0.25, -0.2) is 0 Å². The number of H-pyrrole nitrogens is 1. The van der Waals surface area contributed by atoms with Crippen LogP contribution in [0.2, 0.25) is 0 Å². The maximum absolute atomic E-state index is 13.3. The van der Waals surface area contributed by atoms with E-state index < -0.39 is 6.04 Å². The number of anilines is 1. The number of rotatable bonds is 6. The Morgan fingerprint density at radius 2 is 2.03 bits per heavy atom. The van der Waals surface area contributed by atoms with Crippen molar-refractivity contribution in [1.82, 2.24) is 25.0 Å². The van der Waals surface area contributed by atoms with Crippen LogP contribution in [0.5, 0.6) is 0 Å². The summed E-state index contributed by atoms with van der Waals surface area (Å²) in [5.74, 6) is -0.550. The van der Waals surface area contributed by atoms with Crippen LogP contribution in [0.4, 0.5) is 5.69 Å². The summed E-state index contributed by atoms with van der Waals surface area (Å²) in [7, 11) is 1.93. The van der Waals surface area contributed by atoms with Gasteiger partial charge in [0.1, 0.15) is 6.04 Å². The predicted octanol–water partition coefficient (Wildman–Crippen LogP) is 3.62. The molecule has 4 heterocycles. The fourth-order valence-corrected chi connectivity index (χ4v) is 5.51. The van der Waals surface area contributed by atoms with Gasteiger partial charge in [-0.15, -0.1) is 11.3 Å². The van der Waals surface area contributed by atoms with Gasteiger partial charge in [-0.3, -0.25) is 19.5 Å². The highest BCUT2D eigenvalue weighted by molar-refractivity contribution is 7.14. The average Bonchev–Trinajstić information content (AvgIpc) is 3.59. The van der Waals surface area contributed by atoms with E-state index in [1.807, 2.05) is 43.8 Å². The molecule has 186 valence electrons. The zero-order chi connectivity index (χ0) is 25.4. The highest BCUT2D eigenvalue weighted by atomic mass is 32.1. The van der Waals surface area contributed by atoms with Crippen LogP contribution in [-0.4, -0.2) is 50.0 Å². The molecule has 9 nitrogen and oxygen atoms in total. The topological polar surface area (TPSA) is 112 Å². The lowest BCUT2D eigenvalue weighted by molar-refractivity contribution is -0.134. The van der Waals surface area contributed by atoms with Crippen LogP contribution >= 0.6 is 11.3 Å². The highest BCUT2D eigenvalue weighted by Crippen LogP contribution is 2.29. The van der Waals surface area contributed by atoms with Crippen molar-refractivity contribution in [3.8, 4) is 0 Å². The zero-order valence-corrected chi connectivity index (χ0v) is 21.2. The third kappa shape index (κ3) is 4.64. The van der Waals surface area contributed by atoms with E-state index in [-0.39, 0.29) is 17.7 Å². The fraction of sp³-hybridized carbons (Fsp3) is 0.308.